The van der Waals surface area contributed by atoms with Gasteiger partial charge >= 0.3 is 17.1 Å². The fraction of sp³-hybridized carbons (Fsp3) is 0.625. The number of carbonyl (C=O) groups excluding carboxylic acids is 1. The molecule has 2 saturated heterocycles. The molecule has 1 saturated carbocycles. The van der Waals surface area contributed by atoms with E-state index in [0.717, 1.165) is 51.7 Å². The second-order valence-electron chi connectivity index (χ2n) is 10.2. The number of aromatic amines is 1. The van der Waals surface area contributed by atoms with E-state index in [9.17, 15) is 14.7 Å². The number of anilines is 1. The smallest absolute Gasteiger partial charge is 0.378 e. The first-order chi connectivity index (χ1) is 16.4. The molecule has 0 atom stereocenters. The molecule has 5 rings (SSSR count). The van der Waals surface area contributed by atoms with E-state index in [1.54, 1.807) is 4.57 Å². The van der Waals surface area contributed by atoms with E-state index >= 15 is 0 Å². The number of hydrogen-bond donors (Lipinski definition) is 4. The third-order valence-electron chi connectivity index (χ3n) is 7.31. The molecule has 184 valence electrons. The van der Waals surface area contributed by atoms with Gasteiger partial charge < -0.3 is 25.6 Å². The maximum atomic E-state index is 13.4. The molecule has 5 N–H and O–H groups in total. The van der Waals surface area contributed by atoms with Gasteiger partial charge in [0, 0.05) is 37.9 Å². The van der Waals surface area contributed by atoms with Crippen LogP contribution in [0.5, 0.6) is 5.88 Å². The zero-order valence-corrected chi connectivity index (χ0v) is 19.6. The number of nitrogens with zero attached hydrogens (tertiary/aromatic N) is 2. The number of H-pyrrole nitrogens is 1. The molecule has 2 aliphatic heterocycles. The van der Waals surface area contributed by atoms with Crippen LogP contribution in [0, 0.1) is 11.3 Å². The summed E-state index contributed by atoms with van der Waals surface area (Å²) in [5.41, 5.74) is 6.37. The Morgan fingerprint density at radius 3 is 2.59 bits per heavy atom. The number of fused-ring (bicyclic) bond motifs is 1. The minimum Gasteiger partial charge on any atom is -0.477 e. The number of nitrogens with one attached hydrogen (secondary N) is 2. The second kappa shape index (κ2) is 9.07. The quantitative estimate of drug-likeness (QED) is 0.469. The summed E-state index contributed by atoms with van der Waals surface area (Å²) in [7, 11) is 0. The lowest BCUT2D eigenvalue weighted by Gasteiger charge is -2.32. The number of ether oxygens (including phenoxy) is 2. The van der Waals surface area contributed by atoms with Crippen LogP contribution in [0.4, 0.5) is 5.82 Å². The van der Waals surface area contributed by atoms with E-state index in [1.165, 1.54) is 4.52 Å². The van der Waals surface area contributed by atoms with Gasteiger partial charge in [0.05, 0.1) is 6.54 Å². The van der Waals surface area contributed by atoms with Crippen molar-refractivity contribution < 1.29 is 23.9 Å². The van der Waals surface area contributed by atoms with Gasteiger partial charge in [0.25, 0.3) is 5.91 Å². The fourth-order valence-electron chi connectivity index (χ4n) is 4.87. The largest absolute Gasteiger partial charge is 0.477 e. The highest BCUT2D eigenvalue weighted by Gasteiger charge is 2.38. The number of nitrogen functional groups attached to an aromatic ring is 1. The number of amides is 1. The van der Waals surface area contributed by atoms with Crippen LogP contribution < -0.4 is 21.2 Å². The Balaban J connectivity index is 1.64. The molecule has 34 heavy (non-hydrogen) atoms. The number of hydrogen-bond acceptors (Lipinski definition) is 6. The summed E-state index contributed by atoms with van der Waals surface area (Å²) >= 11 is 0. The van der Waals surface area contributed by atoms with Crippen LogP contribution in [-0.4, -0.2) is 53.1 Å². The lowest BCUT2D eigenvalue weighted by atomic mass is 9.82. The highest BCUT2D eigenvalue weighted by molar-refractivity contribution is 5.96. The maximum Gasteiger partial charge on any atom is 0.378 e. The molecule has 10 heteroatoms. The molecule has 2 aromatic rings. The van der Waals surface area contributed by atoms with E-state index in [-0.39, 0.29) is 22.9 Å². The van der Waals surface area contributed by atoms with Crippen molar-refractivity contribution in [3.8, 4) is 5.88 Å². The minimum absolute atomic E-state index is 0.0557. The molecule has 3 fully saturated rings. The average molecular weight is 473 g/mol. The van der Waals surface area contributed by atoms with Crippen LogP contribution in [0.15, 0.2) is 10.9 Å². The number of aromatic hydroxyl groups is 1. The van der Waals surface area contributed by atoms with Gasteiger partial charge in [0.2, 0.25) is 5.56 Å². The summed E-state index contributed by atoms with van der Waals surface area (Å²) in [6.45, 7) is 5.27. The normalized spacial score (nSPS) is 21.3. The number of allylic oxidation sites excluding steroid dienone is 1. The Kier molecular flexibility index (Phi) is 6.11. The monoisotopic (exact) mass is 472 g/mol. The molecule has 2 aromatic heterocycles. The van der Waals surface area contributed by atoms with Crippen LogP contribution in [0.25, 0.3) is 11.7 Å². The standard InChI is InChI=1S/C24H33N5O5/c1-24(8-12-34-13-9-24)14-28-21-17(5-2-15-6-10-33-11-7-15)19(25)27-29(21)23(32)18(22(28)31)20(30)26-16-3-4-16/h2,5,15-16H,3-4,6-14H2,1H3,(H4,25,26,27,30,31,32)/p+1/b5-2+. The Morgan fingerprint density at radius 1 is 1.24 bits per heavy atom. The van der Waals surface area contributed by atoms with Crippen LogP contribution in [0.1, 0.15) is 61.4 Å². The minimum atomic E-state index is -0.614. The van der Waals surface area contributed by atoms with E-state index in [4.69, 9.17) is 15.2 Å². The van der Waals surface area contributed by atoms with Crippen LogP contribution >= 0.6 is 0 Å². The molecule has 0 unspecified atom stereocenters. The van der Waals surface area contributed by atoms with E-state index in [2.05, 4.69) is 23.4 Å². The SMILES string of the molecule is CC1(C[n+]2c(O)c(C(=O)NC3CC3)c(=O)n3[nH]c(N)c(/C=C/C4CCOCC4)c32)CCOCC1. The van der Waals surface area contributed by atoms with Crippen molar-refractivity contribution >= 4 is 23.4 Å². The fourth-order valence-corrected chi connectivity index (χ4v) is 4.87. The zero-order chi connectivity index (χ0) is 23.9. The van der Waals surface area contributed by atoms with Gasteiger partial charge in [-0.3, -0.25) is 4.79 Å². The first-order valence-corrected chi connectivity index (χ1v) is 12.2. The molecule has 3 aliphatic rings. The van der Waals surface area contributed by atoms with Gasteiger partial charge in [-0.1, -0.05) is 17.5 Å². The summed E-state index contributed by atoms with van der Waals surface area (Å²) in [6.07, 6.45) is 9.24. The third kappa shape index (κ3) is 4.44. The Morgan fingerprint density at radius 2 is 1.91 bits per heavy atom. The summed E-state index contributed by atoms with van der Waals surface area (Å²) in [5, 5.41) is 17.1. The van der Waals surface area contributed by atoms with Gasteiger partial charge in [-0.2, -0.15) is 4.57 Å². The molecule has 1 amide bonds. The molecular formula is C24H34N5O5+. The van der Waals surface area contributed by atoms with Crippen molar-refractivity contribution in [1.29, 1.82) is 0 Å². The first kappa shape index (κ1) is 22.9. The third-order valence-corrected chi connectivity index (χ3v) is 7.31. The van der Waals surface area contributed by atoms with E-state index in [0.29, 0.717) is 42.7 Å². The Hall–Kier alpha value is -2.85. The van der Waals surface area contributed by atoms with Crippen LogP contribution in [0.3, 0.4) is 0 Å². The maximum absolute atomic E-state index is 13.4. The lowest BCUT2D eigenvalue weighted by molar-refractivity contribution is -0.694. The highest BCUT2D eigenvalue weighted by atomic mass is 16.5. The van der Waals surface area contributed by atoms with E-state index < -0.39 is 11.5 Å². The predicted octanol–water partition coefficient (Wildman–Crippen LogP) is 1.35. The van der Waals surface area contributed by atoms with Gasteiger partial charge in [0.15, 0.2) is 5.82 Å². The van der Waals surface area contributed by atoms with Gasteiger partial charge in [-0.25, -0.2) is 9.89 Å². The number of aromatic nitrogens is 3. The van der Waals surface area contributed by atoms with E-state index in [1.807, 2.05) is 6.08 Å². The number of carbonyl (C=O) groups is 1. The lowest BCUT2D eigenvalue weighted by Crippen LogP contribution is -2.50. The van der Waals surface area contributed by atoms with Crippen molar-refractivity contribution in [1.82, 2.24) is 14.9 Å². The predicted molar refractivity (Wildman–Crippen MR) is 126 cm³/mol. The number of nitrogens with two attached hydrogens (primary N) is 1. The first-order valence-electron chi connectivity index (χ1n) is 12.2. The highest BCUT2D eigenvalue weighted by Crippen LogP contribution is 2.32. The van der Waals surface area contributed by atoms with Crippen molar-refractivity contribution in [2.24, 2.45) is 11.3 Å². The molecule has 0 bridgehead atoms. The second-order valence-corrected chi connectivity index (χ2v) is 10.2. The molecule has 0 aromatic carbocycles. The Bertz CT molecular complexity index is 1170. The van der Waals surface area contributed by atoms with Crippen molar-refractivity contribution in [2.75, 3.05) is 32.2 Å². The van der Waals surface area contributed by atoms with Gasteiger partial charge in [-0.05, 0) is 50.5 Å². The van der Waals surface area contributed by atoms with Gasteiger partial charge in [-0.15, -0.1) is 0 Å². The van der Waals surface area contributed by atoms with Crippen LogP contribution in [0.2, 0.25) is 0 Å². The summed E-state index contributed by atoms with van der Waals surface area (Å²) < 4.78 is 14.0. The molecule has 1 aliphatic carbocycles. The molecular weight excluding hydrogens is 438 g/mol. The summed E-state index contributed by atoms with van der Waals surface area (Å²) in [5.74, 6) is -0.216. The zero-order valence-electron chi connectivity index (χ0n) is 19.6. The number of rotatable bonds is 6. The average Bonchev–Trinajstić information content (AvgIpc) is 3.57. The summed E-state index contributed by atoms with van der Waals surface area (Å²) in [4.78, 5) is 26.3. The summed E-state index contributed by atoms with van der Waals surface area (Å²) in [6, 6.07) is 0.0557. The molecule has 10 nitrogen and oxygen atoms in total. The van der Waals surface area contributed by atoms with Crippen molar-refractivity contribution in [2.45, 2.75) is 58.0 Å². The van der Waals surface area contributed by atoms with Crippen LogP contribution in [-0.2, 0) is 16.0 Å². The van der Waals surface area contributed by atoms with Crippen molar-refractivity contribution in [3.63, 3.8) is 0 Å². The Labute approximate surface area is 197 Å². The van der Waals surface area contributed by atoms with Gasteiger partial charge in [0.1, 0.15) is 5.56 Å². The molecule has 0 radical (unpaired) electrons. The molecule has 4 heterocycles. The molecule has 0 spiro atoms. The van der Waals surface area contributed by atoms with Crippen molar-refractivity contribution in [3.05, 3.63) is 27.6 Å². The topological polar surface area (TPSA) is 135 Å².